The lowest BCUT2D eigenvalue weighted by Crippen LogP contribution is -1.77. The molecule has 2 rings (SSSR count). The third-order valence-electron chi connectivity index (χ3n) is 1.55. The van der Waals surface area contributed by atoms with E-state index >= 15 is 0 Å². The molecule has 0 unspecified atom stereocenters. The number of thiazole rings is 1. The maximum Gasteiger partial charge on any atom is 0.103 e. The van der Waals surface area contributed by atoms with Crippen LogP contribution in [0.3, 0.4) is 0 Å². The molecule has 0 saturated heterocycles. The van der Waals surface area contributed by atoms with Gasteiger partial charge < -0.3 is 0 Å². The fourth-order valence-electron chi connectivity index (χ4n) is 0.955. The van der Waals surface area contributed by atoms with Crippen molar-refractivity contribution in [3.05, 3.63) is 25.6 Å². The van der Waals surface area contributed by atoms with Crippen molar-refractivity contribution in [1.82, 2.24) is 4.98 Å². The van der Waals surface area contributed by atoms with E-state index in [9.17, 15) is 0 Å². The van der Waals surface area contributed by atoms with E-state index in [0.717, 1.165) is 4.70 Å². The molecule has 0 amide bonds. The minimum Gasteiger partial charge on any atom is -0.243 e. The van der Waals surface area contributed by atoms with Crippen molar-refractivity contribution in [3.8, 4) is 0 Å². The van der Waals surface area contributed by atoms with Crippen LogP contribution in [0.1, 0.15) is 0 Å². The number of fused-ring (bicyclic) bond motifs is 1. The predicted octanol–water partition coefficient (Wildman–Crippen LogP) is 4.91. The summed E-state index contributed by atoms with van der Waals surface area (Å²) in [5.74, 6) is 0. The number of benzene rings is 1. The maximum absolute atomic E-state index is 5.94. The van der Waals surface area contributed by atoms with E-state index in [-0.39, 0.29) is 10.0 Å². The van der Waals surface area contributed by atoms with Crippen LogP contribution in [-0.2, 0) is 0 Å². The van der Waals surface area contributed by atoms with E-state index in [1.165, 1.54) is 11.3 Å². The molecule has 0 atom stereocenters. The molecule has 1 nitrogen and oxygen atoms in total. The van der Waals surface area contributed by atoms with Crippen molar-refractivity contribution in [1.29, 1.82) is 0 Å². The van der Waals surface area contributed by atoms with Crippen LogP contribution in [0.4, 0.5) is 0 Å². The lowest BCUT2D eigenvalue weighted by Gasteiger charge is -2.02. The lowest BCUT2D eigenvalue weighted by molar-refractivity contribution is 1.50. The first-order chi connectivity index (χ1) is 6.13. The Morgan fingerprint density at radius 2 is 1.54 bits per heavy atom. The molecule has 1 aromatic carbocycles. The number of nitrogens with zero attached hydrogens (tertiary/aromatic N) is 1. The molecule has 68 valence electrons. The summed E-state index contributed by atoms with van der Waals surface area (Å²) in [5.41, 5.74) is 2.25. The second-order valence-electron chi connectivity index (χ2n) is 2.29. The first-order valence-corrected chi connectivity index (χ1v) is 5.57. The maximum atomic E-state index is 5.94. The zero-order chi connectivity index (χ0) is 9.59. The molecule has 0 spiro atoms. The summed E-state index contributed by atoms with van der Waals surface area (Å²) >= 11 is 24.9. The molecule has 1 heterocycles. The van der Waals surface area contributed by atoms with Crippen molar-refractivity contribution in [2.45, 2.75) is 0 Å². The smallest absolute Gasteiger partial charge is 0.103 e. The quantitative estimate of drug-likeness (QED) is 0.491. The van der Waals surface area contributed by atoms with Gasteiger partial charge in [-0.15, -0.1) is 11.3 Å². The van der Waals surface area contributed by atoms with Gasteiger partial charge in [-0.1, -0.05) is 46.4 Å². The summed E-state index contributed by atoms with van der Waals surface area (Å²) in [6.07, 6.45) is 0. The third kappa shape index (κ3) is 1.41. The summed E-state index contributed by atoms with van der Waals surface area (Å²) in [4.78, 5) is 4.04. The third-order valence-corrected chi connectivity index (χ3v) is 4.30. The van der Waals surface area contributed by atoms with E-state index in [1.54, 1.807) is 5.51 Å². The number of hydrogen-bond acceptors (Lipinski definition) is 2. The summed E-state index contributed by atoms with van der Waals surface area (Å²) < 4.78 is 0.765. The highest BCUT2D eigenvalue weighted by Gasteiger charge is 2.16. The Morgan fingerprint density at radius 1 is 0.923 bits per heavy atom. The monoisotopic (exact) mass is 271 g/mol. The zero-order valence-electron chi connectivity index (χ0n) is 5.94. The molecule has 0 fully saturated rings. The molecule has 1 aromatic heterocycles. The van der Waals surface area contributed by atoms with Crippen LogP contribution in [0.15, 0.2) is 5.51 Å². The first-order valence-electron chi connectivity index (χ1n) is 3.18. The first kappa shape index (κ1) is 9.81. The highest BCUT2D eigenvalue weighted by molar-refractivity contribution is 7.17. The summed E-state index contributed by atoms with van der Waals surface area (Å²) in [5, 5.41) is 1.30. The fourth-order valence-corrected chi connectivity index (χ4v) is 2.83. The highest BCUT2D eigenvalue weighted by atomic mass is 35.5. The lowest BCUT2D eigenvalue weighted by atomic mass is 10.3. The van der Waals surface area contributed by atoms with Crippen LogP contribution < -0.4 is 0 Å². The van der Waals surface area contributed by atoms with Crippen LogP contribution in [0.25, 0.3) is 10.2 Å². The van der Waals surface area contributed by atoms with Gasteiger partial charge >= 0.3 is 0 Å². The van der Waals surface area contributed by atoms with Crippen LogP contribution in [0.2, 0.25) is 20.1 Å². The van der Waals surface area contributed by atoms with Gasteiger partial charge in [-0.05, 0) is 0 Å². The molecule has 0 bridgehead atoms. The molecule has 0 aliphatic rings. The number of rotatable bonds is 0. The molecule has 2 aromatic rings. The minimum absolute atomic E-state index is 0.256. The van der Waals surface area contributed by atoms with Crippen LogP contribution in [0, 0.1) is 0 Å². The van der Waals surface area contributed by atoms with Crippen molar-refractivity contribution in [3.63, 3.8) is 0 Å². The number of hydrogen-bond donors (Lipinski definition) is 0. The van der Waals surface area contributed by atoms with Crippen molar-refractivity contribution in [2.24, 2.45) is 0 Å². The molecule has 0 aliphatic carbocycles. The van der Waals surface area contributed by atoms with Gasteiger partial charge in [0.2, 0.25) is 0 Å². The van der Waals surface area contributed by atoms with Crippen molar-refractivity contribution >= 4 is 68.0 Å². The van der Waals surface area contributed by atoms with Gasteiger partial charge in [0, 0.05) is 0 Å². The van der Waals surface area contributed by atoms with Crippen LogP contribution in [-0.4, -0.2) is 4.98 Å². The Labute approximate surface area is 98.2 Å². The van der Waals surface area contributed by atoms with E-state index in [2.05, 4.69) is 4.98 Å². The van der Waals surface area contributed by atoms with Gasteiger partial charge in [-0.3, -0.25) is 0 Å². The molecular weight excluding hydrogens is 272 g/mol. The minimum atomic E-state index is 0.256. The summed E-state index contributed by atoms with van der Waals surface area (Å²) in [6, 6.07) is 0. The number of halogens is 4. The molecular formula is C7HCl4NS. The van der Waals surface area contributed by atoms with Crippen molar-refractivity contribution < 1.29 is 0 Å². The average molecular weight is 273 g/mol. The molecule has 13 heavy (non-hydrogen) atoms. The Hall–Kier alpha value is 0.270. The van der Waals surface area contributed by atoms with E-state index in [4.69, 9.17) is 46.4 Å². The summed E-state index contributed by atoms with van der Waals surface area (Å²) in [6.45, 7) is 0. The second-order valence-corrected chi connectivity index (χ2v) is 4.65. The Morgan fingerprint density at radius 3 is 2.23 bits per heavy atom. The number of aromatic nitrogens is 1. The van der Waals surface area contributed by atoms with Crippen LogP contribution in [0.5, 0.6) is 0 Å². The largest absolute Gasteiger partial charge is 0.243 e. The normalized spacial score (nSPS) is 11.1. The Balaban J connectivity index is 3.02. The van der Waals surface area contributed by atoms with Crippen molar-refractivity contribution in [2.75, 3.05) is 0 Å². The summed E-state index contributed by atoms with van der Waals surface area (Å²) in [7, 11) is 0. The Bertz CT molecular complexity index is 437. The fraction of sp³-hybridized carbons (Fsp3) is 0. The van der Waals surface area contributed by atoms with E-state index in [0.29, 0.717) is 15.6 Å². The Kier molecular flexibility index (Phi) is 2.60. The standard InChI is InChI=1S/C7HCl4NS/c8-2-3(9)5(11)7-6(4(2)10)12-1-13-7/h1H. The predicted molar refractivity (Wildman–Crippen MR) is 59.7 cm³/mol. The zero-order valence-corrected chi connectivity index (χ0v) is 9.78. The van der Waals surface area contributed by atoms with E-state index < -0.39 is 0 Å². The van der Waals surface area contributed by atoms with Gasteiger partial charge in [-0.2, -0.15) is 0 Å². The molecule has 0 aliphatic heterocycles. The van der Waals surface area contributed by atoms with Gasteiger partial charge in [0.05, 0.1) is 30.3 Å². The molecule has 0 radical (unpaired) electrons. The SMILES string of the molecule is Clc1c(Cl)c(Cl)c2scnc2c1Cl. The molecule has 0 N–H and O–H groups in total. The molecule has 0 saturated carbocycles. The van der Waals surface area contributed by atoms with Gasteiger partial charge in [0.1, 0.15) is 5.52 Å². The van der Waals surface area contributed by atoms with E-state index in [1.807, 2.05) is 0 Å². The topological polar surface area (TPSA) is 12.9 Å². The average Bonchev–Trinajstić information content (AvgIpc) is 2.59. The van der Waals surface area contributed by atoms with Gasteiger partial charge in [-0.25, -0.2) is 4.98 Å². The van der Waals surface area contributed by atoms with Crippen LogP contribution >= 0.6 is 57.7 Å². The highest BCUT2D eigenvalue weighted by Crippen LogP contribution is 2.43. The van der Waals surface area contributed by atoms with Gasteiger partial charge in [0.25, 0.3) is 0 Å². The van der Waals surface area contributed by atoms with Gasteiger partial charge in [0.15, 0.2) is 0 Å². The molecule has 6 heteroatoms. The second kappa shape index (κ2) is 3.44.